The Kier molecular flexibility index (Phi) is 5.31. The van der Waals surface area contributed by atoms with Gasteiger partial charge in [0.15, 0.2) is 0 Å². The summed E-state index contributed by atoms with van der Waals surface area (Å²) in [4.78, 5) is 4.08. The third kappa shape index (κ3) is 3.30. The van der Waals surface area contributed by atoms with E-state index >= 15 is 0 Å². The first-order valence-electron chi connectivity index (χ1n) is 5.26. The van der Waals surface area contributed by atoms with Gasteiger partial charge in [-0.15, -0.1) is 0 Å². The molecular formula is C10H19N3O2. The van der Waals surface area contributed by atoms with Gasteiger partial charge < -0.3 is 20.1 Å². The summed E-state index contributed by atoms with van der Waals surface area (Å²) >= 11 is 0. The van der Waals surface area contributed by atoms with Crippen molar-refractivity contribution in [2.45, 2.75) is 26.0 Å². The molecule has 0 bridgehead atoms. The van der Waals surface area contributed by atoms with Crippen molar-refractivity contribution in [2.24, 2.45) is 5.73 Å². The molecule has 1 heterocycles. The van der Waals surface area contributed by atoms with E-state index in [0.717, 1.165) is 18.7 Å². The Balaban J connectivity index is 2.67. The fourth-order valence-electron chi connectivity index (χ4n) is 1.50. The molecule has 0 fully saturated rings. The normalized spacial score (nSPS) is 13.0. The number of aromatic nitrogens is 2. The molecule has 0 aliphatic carbocycles. The molecule has 1 atom stereocenters. The van der Waals surface area contributed by atoms with E-state index in [2.05, 4.69) is 11.9 Å². The second-order valence-electron chi connectivity index (χ2n) is 3.33. The molecule has 0 amide bonds. The summed E-state index contributed by atoms with van der Waals surface area (Å²) in [7, 11) is 0. The quantitative estimate of drug-likeness (QED) is 0.683. The maximum atomic E-state index is 8.69. The predicted molar refractivity (Wildman–Crippen MR) is 57.4 cm³/mol. The van der Waals surface area contributed by atoms with Crippen molar-refractivity contribution in [3.05, 3.63) is 18.2 Å². The van der Waals surface area contributed by atoms with Gasteiger partial charge in [0.05, 0.1) is 31.4 Å². The monoisotopic (exact) mass is 213 g/mol. The van der Waals surface area contributed by atoms with E-state index in [1.54, 1.807) is 12.5 Å². The number of aryl methyl sites for hydroxylation is 1. The molecule has 0 aliphatic rings. The van der Waals surface area contributed by atoms with Crippen LogP contribution < -0.4 is 5.73 Å². The van der Waals surface area contributed by atoms with Gasteiger partial charge in [-0.25, -0.2) is 4.98 Å². The highest BCUT2D eigenvalue weighted by molar-refractivity contribution is 5.03. The van der Waals surface area contributed by atoms with E-state index in [0.29, 0.717) is 13.2 Å². The number of nitrogens with two attached hydrogens (primary N) is 1. The molecule has 5 heteroatoms. The number of aliphatic hydroxyl groups is 1. The minimum atomic E-state index is -0.175. The van der Waals surface area contributed by atoms with Gasteiger partial charge in [0.1, 0.15) is 6.10 Å². The molecule has 3 N–H and O–H groups in total. The van der Waals surface area contributed by atoms with Crippen LogP contribution in [0.2, 0.25) is 0 Å². The minimum absolute atomic E-state index is 0.0123. The number of aliphatic hydroxyl groups excluding tert-OH is 1. The second kappa shape index (κ2) is 6.55. The lowest BCUT2D eigenvalue weighted by molar-refractivity contribution is 0.0286. The zero-order valence-electron chi connectivity index (χ0n) is 9.09. The molecule has 0 radical (unpaired) electrons. The van der Waals surface area contributed by atoms with E-state index in [1.165, 1.54) is 0 Å². The Labute approximate surface area is 89.9 Å². The number of hydrogen-bond donors (Lipinski definition) is 2. The number of hydrogen-bond acceptors (Lipinski definition) is 4. The van der Waals surface area contributed by atoms with Crippen LogP contribution in [0.3, 0.4) is 0 Å². The smallest absolute Gasteiger partial charge is 0.111 e. The lowest BCUT2D eigenvalue weighted by Gasteiger charge is -2.17. The summed E-state index contributed by atoms with van der Waals surface area (Å²) in [5, 5.41) is 8.69. The largest absolute Gasteiger partial charge is 0.394 e. The zero-order chi connectivity index (χ0) is 11.1. The predicted octanol–water partition coefficient (Wildman–Crippen LogP) is 0.302. The second-order valence-corrected chi connectivity index (χ2v) is 3.33. The Morgan fingerprint density at radius 3 is 3.07 bits per heavy atom. The van der Waals surface area contributed by atoms with Gasteiger partial charge >= 0.3 is 0 Å². The SMILES string of the molecule is CCCn1cncc1C(CN)OCCO. The minimum Gasteiger partial charge on any atom is -0.394 e. The van der Waals surface area contributed by atoms with Crippen LogP contribution in [0, 0.1) is 0 Å². The summed E-state index contributed by atoms with van der Waals surface area (Å²) in [5.41, 5.74) is 6.60. The van der Waals surface area contributed by atoms with Crippen LogP contribution in [-0.2, 0) is 11.3 Å². The third-order valence-electron chi connectivity index (χ3n) is 2.16. The lowest BCUT2D eigenvalue weighted by atomic mass is 10.2. The van der Waals surface area contributed by atoms with Gasteiger partial charge in [-0.2, -0.15) is 0 Å². The fourth-order valence-corrected chi connectivity index (χ4v) is 1.50. The topological polar surface area (TPSA) is 73.3 Å². The average Bonchev–Trinajstić information content (AvgIpc) is 2.68. The molecule has 5 nitrogen and oxygen atoms in total. The molecule has 0 spiro atoms. The molecule has 1 aromatic rings. The summed E-state index contributed by atoms with van der Waals surface area (Å²) in [6.45, 7) is 3.73. The van der Waals surface area contributed by atoms with E-state index in [-0.39, 0.29) is 12.7 Å². The molecule has 0 aromatic carbocycles. The van der Waals surface area contributed by atoms with Gasteiger partial charge in [-0.05, 0) is 6.42 Å². The van der Waals surface area contributed by atoms with Crippen LogP contribution in [0.25, 0.3) is 0 Å². The summed E-state index contributed by atoms with van der Waals surface area (Å²) in [5.74, 6) is 0. The molecule has 0 saturated carbocycles. The lowest BCUT2D eigenvalue weighted by Crippen LogP contribution is -2.20. The number of rotatable bonds is 7. The summed E-state index contributed by atoms with van der Waals surface area (Å²) < 4.78 is 7.47. The molecular weight excluding hydrogens is 194 g/mol. The molecule has 0 aliphatic heterocycles. The van der Waals surface area contributed by atoms with Gasteiger partial charge in [0.2, 0.25) is 0 Å². The summed E-state index contributed by atoms with van der Waals surface area (Å²) in [6.07, 6.45) is 4.42. The van der Waals surface area contributed by atoms with Crippen molar-refractivity contribution in [3.8, 4) is 0 Å². The summed E-state index contributed by atoms with van der Waals surface area (Å²) in [6, 6.07) is 0. The van der Waals surface area contributed by atoms with Crippen molar-refractivity contribution in [1.82, 2.24) is 9.55 Å². The Morgan fingerprint density at radius 2 is 2.47 bits per heavy atom. The maximum Gasteiger partial charge on any atom is 0.111 e. The van der Waals surface area contributed by atoms with E-state index in [1.807, 2.05) is 4.57 Å². The third-order valence-corrected chi connectivity index (χ3v) is 2.16. The molecule has 1 rings (SSSR count). The highest BCUT2D eigenvalue weighted by atomic mass is 16.5. The van der Waals surface area contributed by atoms with Crippen molar-refractivity contribution < 1.29 is 9.84 Å². The van der Waals surface area contributed by atoms with E-state index in [4.69, 9.17) is 15.6 Å². The first-order chi connectivity index (χ1) is 7.33. The zero-order valence-corrected chi connectivity index (χ0v) is 9.09. The number of nitrogens with zero attached hydrogens (tertiary/aromatic N) is 2. The van der Waals surface area contributed by atoms with Crippen LogP contribution >= 0.6 is 0 Å². The Bertz CT molecular complexity index is 275. The van der Waals surface area contributed by atoms with Crippen LogP contribution in [0.15, 0.2) is 12.5 Å². The van der Waals surface area contributed by atoms with Crippen LogP contribution in [0.5, 0.6) is 0 Å². The van der Waals surface area contributed by atoms with E-state index < -0.39 is 0 Å². The van der Waals surface area contributed by atoms with Gasteiger partial charge in [-0.1, -0.05) is 6.92 Å². The highest BCUT2D eigenvalue weighted by Crippen LogP contribution is 2.15. The van der Waals surface area contributed by atoms with Crippen LogP contribution in [0.4, 0.5) is 0 Å². The first-order valence-corrected chi connectivity index (χ1v) is 5.26. The molecule has 1 aromatic heterocycles. The average molecular weight is 213 g/mol. The van der Waals surface area contributed by atoms with Gasteiger partial charge in [0.25, 0.3) is 0 Å². The van der Waals surface area contributed by atoms with Crippen molar-refractivity contribution >= 4 is 0 Å². The Hall–Kier alpha value is -0.910. The standard InChI is InChI=1S/C10H19N3O2/c1-2-3-13-8-12-7-9(13)10(6-11)15-5-4-14/h7-8,10,14H,2-6,11H2,1H3. The number of imidazole rings is 1. The highest BCUT2D eigenvalue weighted by Gasteiger charge is 2.14. The molecule has 86 valence electrons. The molecule has 1 unspecified atom stereocenters. The Morgan fingerprint density at radius 1 is 1.67 bits per heavy atom. The first kappa shape index (κ1) is 12.2. The fraction of sp³-hybridized carbons (Fsp3) is 0.700. The molecule has 0 saturated heterocycles. The van der Waals surface area contributed by atoms with E-state index in [9.17, 15) is 0 Å². The molecule has 15 heavy (non-hydrogen) atoms. The van der Waals surface area contributed by atoms with Crippen molar-refractivity contribution in [2.75, 3.05) is 19.8 Å². The number of ether oxygens (including phenoxy) is 1. The van der Waals surface area contributed by atoms with Crippen molar-refractivity contribution in [1.29, 1.82) is 0 Å². The van der Waals surface area contributed by atoms with Crippen LogP contribution in [-0.4, -0.2) is 34.4 Å². The van der Waals surface area contributed by atoms with Gasteiger partial charge in [-0.3, -0.25) is 0 Å². The van der Waals surface area contributed by atoms with Gasteiger partial charge in [0, 0.05) is 13.1 Å². The maximum absolute atomic E-state index is 8.69. The van der Waals surface area contributed by atoms with Crippen LogP contribution in [0.1, 0.15) is 25.1 Å². The van der Waals surface area contributed by atoms with Crippen molar-refractivity contribution in [3.63, 3.8) is 0 Å².